The average Bonchev–Trinajstić information content (AvgIpc) is 3.10. The van der Waals surface area contributed by atoms with Crippen LogP contribution in [0.4, 0.5) is 0 Å². The van der Waals surface area contributed by atoms with E-state index in [0.29, 0.717) is 16.6 Å². The molecule has 132 valence electrons. The molecular weight excluding hydrogens is 369 g/mol. The molecule has 0 saturated heterocycles. The van der Waals surface area contributed by atoms with Gasteiger partial charge >= 0.3 is 0 Å². The number of benzene rings is 2. The highest BCUT2D eigenvalue weighted by Crippen LogP contribution is 2.22. The molecule has 0 aliphatic heterocycles. The number of carbonyl (C=O) groups excluding carboxylic acids is 1. The van der Waals surface area contributed by atoms with E-state index >= 15 is 0 Å². The number of aromatic nitrogens is 2. The van der Waals surface area contributed by atoms with Crippen molar-refractivity contribution in [1.29, 1.82) is 0 Å². The van der Waals surface area contributed by atoms with Crippen LogP contribution < -0.4 is 0 Å². The standard InChI is InChI=1S/C20H17Cl2N3O/c1-24(20(26)10-8-16-7-9-17(21)11-19(16)22)13-15-12-23-25(14-15)18-5-3-2-4-6-18/h2-12,14H,13H2,1H3/b10-8+. The van der Waals surface area contributed by atoms with Crippen molar-refractivity contribution >= 4 is 35.2 Å². The fraction of sp³-hybridized carbons (Fsp3) is 0.100. The zero-order chi connectivity index (χ0) is 18.5. The number of para-hydroxylation sites is 1. The van der Waals surface area contributed by atoms with Crippen LogP contribution in [0, 0.1) is 0 Å². The van der Waals surface area contributed by atoms with Gasteiger partial charge in [-0.05, 0) is 35.9 Å². The molecule has 0 fully saturated rings. The highest BCUT2D eigenvalue weighted by Gasteiger charge is 2.08. The van der Waals surface area contributed by atoms with Crippen molar-refractivity contribution < 1.29 is 4.79 Å². The SMILES string of the molecule is CN(Cc1cnn(-c2ccccc2)c1)C(=O)/C=C/c1ccc(Cl)cc1Cl. The maximum absolute atomic E-state index is 12.3. The van der Waals surface area contributed by atoms with Gasteiger partial charge in [0, 0.05) is 41.5 Å². The summed E-state index contributed by atoms with van der Waals surface area (Å²) in [6, 6.07) is 15.0. The van der Waals surface area contributed by atoms with Crippen LogP contribution in [-0.2, 0) is 11.3 Å². The molecular formula is C20H17Cl2N3O. The normalized spacial score (nSPS) is 11.0. The Labute approximate surface area is 162 Å². The number of carbonyl (C=O) groups is 1. The van der Waals surface area contributed by atoms with Crippen LogP contribution in [0.25, 0.3) is 11.8 Å². The molecule has 2 aromatic carbocycles. The fourth-order valence-corrected chi connectivity index (χ4v) is 2.91. The molecule has 0 aliphatic rings. The number of likely N-dealkylation sites (N-methyl/N-ethyl adjacent to an activating group) is 1. The largest absolute Gasteiger partial charge is 0.338 e. The van der Waals surface area contributed by atoms with Crippen LogP contribution in [0.1, 0.15) is 11.1 Å². The second-order valence-corrected chi connectivity index (χ2v) is 6.67. The minimum Gasteiger partial charge on any atom is -0.338 e. The third-order valence-electron chi connectivity index (χ3n) is 3.82. The maximum Gasteiger partial charge on any atom is 0.246 e. The molecule has 0 N–H and O–H groups in total. The second-order valence-electron chi connectivity index (χ2n) is 5.82. The zero-order valence-electron chi connectivity index (χ0n) is 14.1. The molecule has 3 rings (SSSR count). The van der Waals surface area contributed by atoms with Crippen molar-refractivity contribution in [2.45, 2.75) is 6.54 Å². The Morgan fingerprint density at radius 2 is 1.96 bits per heavy atom. The van der Waals surface area contributed by atoms with Gasteiger partial charge in [-0.3, -0.25) is 4.79 Å². The Morgan fingerprint density at radius 3 is 2.69 bits per heavy atom. The Morgan fingerprint density at radius 1 is 1.19 bits per heavy atom. The van der Waals surface area contributed by atoms with Crippen LogP contribution in [0.5, 0.6) is 0 Å². The van der Waals surface area contributed by atoms with E-state index in [0.717, 1.165) is 16.8 Å². The predicted molar refractivity (Wildman–Crippen MR) is 106 cm³/mol. The van der Waals surface area contributed by atoms with Gasteiger partial charge in [0.05, 0.1) is 11.9 Å². The van der Waals surface area contributed by atoms with E-state index in [1.165, 1.54) is 6.08 Å². The Hall–Kier alpha value is -2.56. The molecule has 0 bridgehead atoms. The summed E-state index contributed by atoms with van der Waals surface area (Å²) in [4.78, 5) is 13.9. The quantitative estimate of drug-likeness (QED) is 0.588. The number of halogens is 2. The molecule has 0 saturated carbocycles. The first kappa shape index (κ1) is 18.2. The first-order valence-electron chi connectivity index (χ1n) is 8.00. The van der Waals surface area contributed by atoms with E-state index in [1.807, 2.05) is 36.5 Å². The van der Waals surface area contributed by atoms with Gasteiger partial charge in [0.1, 0.15) is 0 Å². The number of hydrogen-bond acceptors (Lipinski definition) is 2. The number of nitrogens with zero attached hydrogens (tertiary/aromatic N) is 3. The van der Waals surface area contributed by atoms with Gasteiger partial charge in [-0.15, -0.1) is 0 Å². The van der Waals surface area contributed by atoms with Crippen LogP contribution >= 0.6 is 23.2 Å². The summed E-state index contributed by atoms with van der Waals surface area (Å²) >= 11 is 12.0. The van der Waals surface area contributed by atoms with Gasteiger partial charge in [0.15, 0.2) is 0 Å². The van der Waals surface area contributed by atoms with Crippen LogP contribution in [-0.4, -0.2) is 27.6 Å². The minimum atomic E-state index is -0.122. The maximum atomic E-state index is 12.3. The number of rotatable bonds is 5. The second kappa shape index (κ2) is 8.21. The van der Waals surface area contributed by atoms with Crippen LogP contribution in [0.3, 0.4) is 0 Å². The highest BCUT2D eigenvalue weighted by molar-refractivity contribution is 6.35. The topological polar surface area (TPSA) is 38.1 Å². The summed E-state index contributed by atoms with van der Waals surface area (Å²) in [5.41, 5.74) is 2.67. The first-order valence-corrected chi connectivity index (χ1v) is 8.76. The highest BCUT2D eigenvalue weighted by atomic mass is 35.5. The van der Waals surface area contributed by atoms with Gasteiger partial charge in [-0.2, -0.15) is 5.10 Å². The van der Waals surface area contributed by atoms with Crippen molar-refractivity contribution in [2.75, 3.05) is 7.05 Å². The molecule has 1 amide bonds. The van der Waals surface area contributed by atoms with Gasteiger partial charge < -0.3 is 4.90 Å². The van der Waals surface area contributed by atoms with E-state index in [-0.39, 0.29) is 5.91 Å². The number of hydrogen-bond donors (Lipinski definition) is 0. The van der Waals surface area contributed by atoms with Crippen molar-refractivity contribution in [3.8, 4) is 5.69 Å². The third-order valence-corrected chi connectivity index (χ3v) is 4.38. The molecule has 6 heteroatoms. The summed E-state index contributed by atoms with van der Waals surface area (Å²) in [6.07, 6.45) is 6.86. The summed E-state index contributed by atoms with van der Waals surface area (Å²) in [5.74, 6) is -0.122. The lowest BCUT2D eigenvalue weighted by atomic mass is 10.2. The Bertz CT molecular complexity index is 935. The van der Waals surface area contributed by atoms with Crippen molar-refractivity contribution in [3.63, 3.8) is 0 Å². The van der Waals surface area contributed by atoms with Crippen molar-refractivity contribution in [2.24, 2.45) is 0 Å². The van der Waals surface area contributed by atoms with Gasteiger partial charge in [-0.1, -0.05) is 47.5 Å². The molecule has 1 aromatic heterocycles. The Balaban J connectivity index is 1.64. The lowest BCUT2D eigenvalue weighted by Gasteiger charge is -2.13. The molecule has 26 heavy (non-hydrogen) atoms. The van der Waals surface area contributed by atoms with E-state index in [4.69, 9.17) is 23.2 Å². The van der Waals surface area contributed by atoms with Crippen molar-refractivity contribution in [1.82, 2.24) is 14.7 Å². The van der Waals surface area contributed by atoms with Gasteiger partial charge in [0.25, 0.3) is 0 Å². The first-order chi connectivity index (χ1) is 12.5. The molecule has 0 radical (unpaired) electrons. The Kier molecular flexibility index (Phi) is 5.76. The van der Waals surface area contributed by atoms with E-state index in [2.05, 4.69) is 5.10 Å². The lowest BCUT2D eigenvalue weighted by molar-refractivity contribution is -0.125. The molecule has 3 aromatic rings. The number of amides is 1. The summed E-state index contributed by atoms with van der Waals surface area (Å²) in [5, 5.41) is 5.41. The third kappa shape index (κ3) is 4.54. The molecule has 0 aliphatic carbocycles. The fourth-order valence-electron chi connectivity index (χ4n) is 2.44. The summed E-state index contributed by atoms with van der Waals surface area (Å²) < 4.78 is 1.79. The predicted octanol–water partition coefficient (Wildman–Crippen LogP) is 4.85. The molecule has 0 unspecified atom stereocenters. The average molecular weight is 386 g/mol. The molecule has 1 heterocycles. The van der Waals surface area contributed by atoms with E-state index in [1.54, 1.807) is 47.1 Å². The molecule has 0 atom stereocenters. The van der Waals surface area contributed by atoms with Crippen molar-refractivity contribution in [3.05, 3.63) is 88.2 Å². The smallest absolute Gasteiger partial charge is 0.246 e. The van der Waals surface area contributed by atoms with E-state index in [9.17, 15) is 4.79 Å². The zero-order valence-corrected chi connectivity index (χ0v) is 15.7. The van der Waals surface area contributed by atoms with Crippen LogP contribution in [0.15, 0.2) is 67.0 Å². The molecule has 0 spiro atoms. The van der Waals surface area contributed by atoms with E-state index < -0.39 is 0 Å². The van der Waals surface area contributed by atoms with Gasteiger partial charge in [0.2, 0.25) is 5.91 Å². The molecule has 4 nitrogen and oxygen atoms in total. The summed E-state index contributed by atoms with van der Waals surface area (Å²) in [6.45, 7) is 0.463. The summed E-state index contributed by atoms with van der Waals surface area (Å²) in [7, 11) is 1.75. The van der Waals surface area contributed by atoms with Crippen LogP contribution in [0.2, 0.25) is 10.0 Å². The lowest BCUT2D eigenvalue weighted by Crippen LogP contribution is -2.23. The van der Waals surface area contributed by atoms with Gasteiger partial charge in [-0.25, -0.2) is 4.68 Å². The monoisotopic (exact) mass is 385 g/mol. The minimum absolute atomic E-state index is 0.122.